The van der Waals surface area contributed by atoms with Gasteiger partial charge < -0.3 is 4.90 Å². The Morgan fingerprint density at radius 2 is 2.12 bits per heavy atom. The second-order valence-corrected chi connectivity index (χ2v) is 4.62. The number of nitrogens with one attached hydrogen (secondary N) is 1. The van der Waals surface area contributed by atoms with Gasteiger partial charge in [0.15, 0.2) is 0 Å². The van der Waals surface area contributed by atoms with Crippen molar-refractivity contribution in [3.63, 3.8) is 0 Å². The second kappa shape index (κ2) is 4.69. The van der Waals surface area contributed by atoms with Gasteiger partial charge in [-0.25, -0.2) is 0 Å². The lowest BCUT2D eigenvalue weighted by Crippen LogP contribution is -2.33. The van der Waals surface area contributed by atoms with Crippen LogP contribution in [0.3, 0.4) is 0 Å². The number of unbranched alkanes of at least 4 members (excludes halogenated alkanes) is 1. The van der Waals surface area contributed by atoms with Gasteiger partial charge >= 0.3 is 0 Å². The first-order valence-electron chi connectivity index (χ1n) is 6.17. The molecule has 0 fully saturated rings. The molecule has 0 radical (unpaired) electrons. The first-order chi connectivity index (χ1) is 7.74. The summed E-state index contributed by atoms with van der Waals surface area (Å²) < 4.78 is 0. The predicted octanol–water partition coefficient (Wildman–Crippen LogP) is 3.41. The summed E-state index contributed by atoms with van der Waals surface area (Å²) in [5, 5.41) is 8.18. The van der Waals surface area contributed by atoms with E-state index >= 15 is 0 Å². The molecule has 0 bridgehead atoms. The molecule has 1 N–H and O–H groups in total. The van der Waals surface area contributed by atoms with Gasteiger partial charge in [0.2, 0.25) is 0 Å². The van der Waals surface area contributed by atoms with Crippen molar-refractivity contribution in [2.24, 2.45) is 0 Å². The van der Waals surface area contributed by atoms with Crippen LogP contribution in [-0.4, -0.2) is 16.8 Å². The largest absolute Gasteiger partial charge is 0.350 e. The average Bonchev–Trinajstić information content (AvgIpc) is 2.64. The first kappa shape index (κ1) is 11.2. The number of hydrogen-bond acceptors (Lipinski definition) is 1. The lowest BCUT2D eigenvalue weighted by molar-refractivity contribution is 0.312. The van der Waals surface area contributed by atoms with E-state index in [1.54, 1.807) is 0 Å². The fourth-order valence-electron chi connectivity index (χ4n) is 2.34. The Bertz CT molecular complexity index is 384. The lowest BCUT2D eigenvalue weighted by atomic mass is 10.1. The zero-order chi connectivity index (χ0) is 11.5. The van der Waals surface area contributed by atoms with E-state index in [-0.39, 0.29) is 0 Å². The Balaban J connectivity index is 2.09. The monoisotopic (exact) mass is 216 g/mol. The number of amidine groups is 1. The van der Waals surface area contributed by atoms with Crippen molar-refractivity contribution < 1.29 is 0 Å². The van der Waals surface area contributed by atoms with Crippen LogP contribution in [0.1, 0.15) is 44.2 Å². The minimum Gasteiger partial charge on any atom is -0.350 e. The highest BCUT2D eigenvalue weighted by Gasteiger charge is 2.26. The molecule has 2 rings (SSSR count). The van der Waals surface area contributed by atoms with Crippen molar-refractivity contribution >= 4 is 5.84 Å². The van der Waals surface area contributed by atoms with Gasteiger partial charge in [-0.2, -0.15) is 0 Å². The Morgan fingerprint density at radius 1 is 1.38 bits per heavy atom. The molecule has 0 spiro atoms. The average molecular weight is 216 g/mol. The molecule has 0 aliphatic carbocycles. The molecule has 0 amide bonds. The van der Waals surface area contributed by atoms with Crippen molar-refractivity contribution in [2.45, 2.75) is 45.7 Å². The third-order valence-corrected chi connectivity index (χ3v) is 3.41. The van der Waals surface area contributed by atoms with Crippen LogP contribution in [0.15, 0.2) is 24.3 Å². The van der Waals surface area contributed by atoms with Crippen LogP contribution in [0.5, 0.6) is 0 Å². The van der Waals surface area contributed by atoms with Crippen LogP contribution in [0.2, 0.25) is 0 Å². The van der Waals surface area contributed by atoms with Gasteiger partial charge in [0.05, 0.1) is 0 Å². The van der Waals surface area contributed by atoms with Crippen molar-refractivity contribution in [2.75, 3.05) is 0 Å². The van der Waals surface area contributed by atoms with Crippen LogP contribution in [-0.2, 0) is 6.54 Å². The fraction of sp³-hybridized carbons (Fsp3) is 0.500. The molecule has 2 heteroatoms. The molecule has 1 heterocycles. The minimum atomic E-state index is 0.486. The Labute approximate surface area is 97.8 Å². The van der Waals surface area contributed by atoms with Crippen molar-refractivity contribution in [3.8, 4) is 0 Å². The molecule has 2 nitrogen and oxygen atoms in total. The highest BCUT2D eigenvalue weighted by Crippen LogP contribution is 2.25. The molecule has 1 aliphatic rings. The van der Waals surface area contributed by atoms with E-state index in [4.69, 9.17) is 5.41 Å². The SMILES string of the molecule is CCCCC(C)N1Cc2ccccc2C1=N. The molecule has 1 aromatic carbocycles. The molecule has 0 aromatic heterocycles. The van der Waals surface area contributed by atoms with Crippen LogP contribution >= 0.6 is 0 Å². The van der Waals surface area contributed by atoms with Gasteiger partial charge in [-0.1, -0.05) is 44.0 Å². The standard InChI is InChI=1S/C14H20N2/c1-3-4-7-11(2)16-10-12-8-5-6-9-13(12)14(16)15/h5-6,8-9,11,15H,3-4,7,10H2,1-2H3. The third kappa shape index (κ3) is 1.97. The van der Waals surface area contributed by atoms with Gasteiger partial charge in [0.25, 0.3) is 0 Å². The number of rotatable bonds is 4. The molecule has 0 saturated heterocycles. The maximum Gasteiger partial charge on any atom is 0.128 e. The molecule has 0 saturated carbocycles. The van der Waals surface area contributed by atoms with E-state index in [9.17, 15) is 0 Å². The first-order valence-corrected chi connectivity index (χ1v) is 6.17. The van der Waals surface area contributed by atoms with Gasteiger partial charge in [0.1, 0.15) is 5.84 Å². The van der Waals surface area contributed by atoms with Gasteiger partial charge in [-0.05, 0) is 18.9 Å². The number of fused-ring (bicyclic) bond motifs is 1. The Kier molecular flexibility index (Phi) is 3.28. The van der Waals surface area contributed by atoms with E-state index in [2.05, 4.69) is 36.9 Å². The predicted molar refractivity (Wildman–Crippen MR) is 67.8 cm³/mol. The summed E-state index contributed by atoms with van der Waals surface area (Å²) in [6.07, 6.45) is 3.67. The van der Waals surface area contributed by atoms with Crippen molar-refractivity contribution in [1.82, 2.24) is 4.90 Å². The van der Waals surface area contributed by atoms with Crippen LogP contribution in [0, 0.1) is 5.41 Å². The summed E-state index contributed by atoms with van der Waals surface area (Å²) >= 11 is 0. The number of nitrogens with zero attached hydrogens (tertiary/aromatic N) is 1. The third-order valence-electron chi connectivity index (χ3n) is 3.41. The molecular weight excluding hydrogens is 196 g/mol. The summed E-state index contributed by atoms with van der Waals surface area (Å²) in [6.45, 7) is 5.37. The zero-order valence-corrected chi connectivity index (χ0v) is 10.2. The Hall–Kier alpha value is -1.31. The molecular formula is C14H20N2. The van der Waals surface area contributed by atoms with Crippen molar-refractivity contribution in [3.05, 3.63) is 35.4 Å². The second-order valence-electron chi connectivity index (χ2n) is 4.62. The molecule has 1 atom stereocenters. The number of benzene rings is 1. The summed E-state index contributed by atoms with van der Waals surface area (Å²) in [4.78, 5) is 2.22. The maximum atomic E-state index is 8.18. The van der Waals surface area contributed by atoms with Crippen LogP contribution in [0.25, 0.3) is 0 Å². The quantitative estimate of drug-likeness (QED) is 0.820. The summed E-state index contributed by atoms with van der Waals surface area (Å²) in [5.74, 6) is 0.708. The van der Waals surface area contributed by atoms with E-state index in [0.29, 0.717) is 11.9 Å². The highest BCUT2D eigenvalue weighted by atomic mass is 15.2. The summed E-state index contributed by atoms with van der Waals surface area (Å²) in [6, 6.07) is 8.76. The highest BCUT2D eigenvalue weighted by molar-refractivity contribution is 6.00. The normalized spacial score (nSPS) is 16.4. The van der Waals surface area contributed by atoms with E-state index in [1.165, 1.54) is 24.8 Å². The summed E-state index contributed by atoms with van der Waals surface area (Å²) in [7, 11) is 0. The fourth-order valence-corrected chi connectivity index (χ4v) is 2.34. The maximum absolute atomic E-state index is 8.18. The molecule has 1 unspecified atom stereocenters. The molecule has 1 aromatic rings. The minimum absolute atomic E-state index is 0.486. The van der Waals surface area contributed by atoms with E-state index < -0.39 is 0 Å². The molecule has 86 valence electrons. The Morgan fingerprint density at radius 3 is 2.81 bits per heavy atom. The van der Waals surface area contributed by atoms with E-state index in [0.717, 1.165) is 12.1 Å². The van der Waals surface area contributed by atoms with Crippen LogP contribution < -0.4 is 0 Å². The van der Waals surface area contributed by atoms with E-state index in [1.807, 2.05) is 6.07 Å². The summed E-state index contributed by atoms with van der Waals surface area (Å²) in [5.41, 5.74) is 2.42. The van der Waals surface area contributed by atoms with Gasteiger partial charge in [0, 0.05) is 18.2 Å². The van der Waals surface area contributed by atoms with Crippen molar-refractivity contribution in [1.29, 1.82) is 5.41 Å². The van der Waals surface area contributed by atoms with Gasteiger partial charge in [-0.3, -0.25) is 5.41 Å². The molecule has 16 heavy (non-hydrogen) atoms. The van der Waals surface area contributed by atoms with Gasteiger partial charge in [-0.15, -0.1) is 0 Å². The zero-order valence-electron chi connectivity index (χ0n) is 10.2. The van der Waals surface area contributed by atoms with Crippen LogP contribution in [0.4, 0.5) is 0 Å². The molecule has 1 aliphatic heterocycles. The number of hydrogen-bond donors (Lipinski definition) is 1. The smallest absolute Gasteiger partial charge is 0.128 e. The lowest BCUT2D eigenvalue weighted by Gasteiger charge is -2.26. The topological polar surface area (TPSA) is 27.1 Å².